The quantitative estimate of drug-likeness (QED) is 0.503. The van der Waals surface area contributed by atoms with Gasteiger partial charge in [-0.05, 0) is 36.7 Å². The van der Waals surface area contributed by atoms with Gasteiger partial charge in [0.2, 0.25) is 0 Å². The van der Waals surface area contributed by atoms with Crippen molar-refractivity contribution in [2.75, 3.05) is 20.8 Å². The lowest BCUT2D eigenvalue weighted by atomic mass is 10.1. The Kier molecular flexibility index (Phi) is 7.47. The Bertz CT molecular complexity index is 930. The molecule has 4 nitrogen and oxygen atoms in total. The standard InChI is InChI=1S/C24H26FNO3/c1-27-22-12-6-4-8-18(22)14-15-26-16-19-10-7-13-23(28-2)24(19)29-17-20-9-3-5-11-21(20)25/h3-13,26H,14-17H2,1-2H3. The van der Waals surface area contributed by atoms with Crippen molar-refractivity contribution in [3.05, 3.63) is 89.2 Å². The SMILES string of the molecule is COc1ccccc1CCNCc1cccc(OC)c1OCc1ccccc1F. The molecule has 0 radical (unpaired) electrons. The molecule has 3 aromatic carbocycles. The Morgan fingerprint density at radius 3 is 2.17 bits per heavy atom. The van der Waals surface area contributed by atoms with Crippen LogP contribution >= 0.6 is 0 Å². The number of hydrogen-bond donors (Lipinski definition) is 1. The van der Waals surface area contributed by atoms with Crippen molar-refractivity contribution in [1.82, 2.24) is 5.32 Å². The maximum absolute atomic E-state index is 13.9. The molecule has 0 saturated carbocycles. The third-order valence-electron chi connectivity index (χ3n) is 4.69. The van der Waals surface area contributed by atoms with E-state index in [9.17, 15) is 4.39 Å². The Balaban J connectivity index is 1.63. The van der Waals surface area contributed by atoms with E-state index in [-0.39, 0.29) is 12.4 Å². The third kappa shape index (κ3) is 5.48. The minimum Gasteiger partial charge on any atom is -0.496 e. The van der Waals surface area contributed by atoms with Crippen LogP contribution in [0.15, 0.2) is 66.7 Å². The van der Waals surface area contributed by atoms with E-state index in [1.54, 1.807) is 32.4 Å². The van der Waals surface area contributed by atoms with Gasteiger partial charge in [0.15, 0.2) is 11.5 Å². The van der Waals surface area contributed by atoms with Gasteiger partial charge in [-0.15, -0.1) is 0 Å². The molecule has 0 fully saturated rings. The molecule has 0 saturated heterocycles. The van der Waals surface area contributed by atoms with Gasteiger partial charge in [0.05, 0.1) is 14.2 Å². The van der Waals surface area contributed by atoms with Crippen LogP contribution in [-0.4, -0.2) is 20.8 Å². The van der Waals surface area contributed by atoms with E-state index in [0.29, 0.717) is 23.6 Å². The van der Waals surface area contributed by atoms with Crippen molar-refractivity contribution in [3.8, 4) is 17.2 Å². The average Bonchev–Trinajstić information content (AvgIpc) is 2.76. The molecule has 0 aliphatic rings. The van der Waals surface area contributed by atoms with Gasteiger partial charge >= 0.3 is 0 Å². The van der Waals surface area contributed by atoms with E-state index in [2.05, 4.69) is 11.4 Å². The summed E-state index contributed by atoms with van der Waals surface area (Å²) in [5.74, 6) is 1.87. The molecule has 3 aromatic rings. The second-order valence-electron chi connectivity index (χ2n) is 6.57. The van der Waals surface area contributed by atoms with Crippen LogP contribution in [0.3, 0.4) is 0 Å². The van der Waals surface area contributed by atoms with Crippen LogP contribution in [0.1, 0.15) is 16.7 Å². The van der Waals surface area contributed by atoms with Crippen LogP contribution in [-0.2, 0) is 19.6 Å². The number of ether oxygens (including phenoxy) is 3. The minimum absolute atomic E-state index is 0.140. The van der Waals surface area contributed by atoms with E-state index < -0.39 is 0 Å². The normalized spacial score (nSPS) is 10.6. The Hall–Kier alpha value is -3.05. The molecule has 29 heavy (non-hydrogen) atoms. The van der Waals surface area contributed by atoms with Gasteiger partial charge in [-0.1, -0.05) is 48.5 Å². The molecule has 0 aliphatic heterocycles. The van der Waals surface area contributed by atoms with Gasteiger partial charge in [0.1, 0.15) is 18.2 Å². The van der Waals surface area contributed by atoms with Crippen LogP contribution in [0, 0.1) is 5.82 Å². The van der Waals surface area contributed by atoms with Gasteiger partial charge in [-0.25, -0.2) is 4.39 Å². The van der Waals surface area contributed by atoms with Gasteiger partial charge < -0.3 is 19.5 Å². The number of benzene rings is 3. The summed E-state index contributed by atoms with van der Waals surface area (Å²) < 4.78 is 30.7. The van der Waals surface area contributed by atoms with Crippen molar-refractivity contribution in [3.63, 3.8) is 0 Å². The molecule has 152 valence electrons. The molecule has 0 unspecified atom stereocenters. The monoisotopic (exact) mass is 395 g/mol. The number of nitrogens with one attached hydrogen (secondary N) is 1. The Morgan fingerprint density at radius 1 is 0.759 bits per heavy atom. The first-order valence-corrected chi connectivity index (χ1v) is 9.57. The maximum Gasteiger partial charge on any atom is 0.166 e. The zero-order valence-electron chi connectivity index (χ0n) is 16.8. The lowest BCUT2D eigenvalue weighted by molar-refractivity contribution is 0.276. The number of para-hydroxylation sites is 2. The van der Waals surface area contributed by atoms with Gasteiger partial charge in [-0.3, -0.25) is 0 Å². The fourth-order valence-corrected chi connectivity index (χ4v) is 3.15. The molecule has 5 heteroatoms. The van der Waals surface area contributed by atoms with Crippen LogP contribution in [0.25, 0.3) is 0 Å². The van der Waals surface area contributed by atoms with Gasteiger partial charge in [0.25, 0.3) is 0 Å². The highest BCUT2D eigenvalue weighted by molar-refractivity contribution is 5.46. The molecule has 0 bridgehead atoms. The molecule has 0 amide bonds. The highest BCUT2D eigenvalue weighted by Gasteiger charge is 2.12. The fourth-order valence-electron chi connectivity index (χ4n) is 3.15. The molecule has 0 aromatic heterocycles. The Labute approximate surface area is 171 Å². The summed E-state index contributed by atoms with van der Waals surface area (Å²) in [6, 6.07) is 20.4. The van der Waals surface area contributed by atoms with Crippen molar-refractivity contribution in [2.45, 2.75) is 19.6 Å². The summed E-state index contributed by atoms with van der Waals surface area (Å²) in [6.45, 7) is 1.53. The van der Waals surface area contributed by atoms with E-state index in [1.807, 2.05) is 36.4 Å². The summed E-state index contributed by atoms with van der Waals surface area (Å²) in [7, 11) is 3.28. The molecule has 3 rings (SSSR count). The molecule has 0 heterocycles. The third-order valence-corrected chi connectivity index (χ3v) is 4.69. The van der Waals surface area contributed by atoms with Crippen molar-refractivity contribution < 1.29 is 18.6 Å². The maximum atomic E-state index is 13.9. The zero-order chi connectivity index (χ0) is 20.5. The average molecular weight is 395 g/mol. The van der Waals surface area contributed by atoms with E-state index >= 15 is 0 Å². The lowest BCUT2D eigenvalue weighted by Gasteiger charge is -2.16. The largest absolute Gasteiger partial charge is 0.496 e. The minimum atomic E-state index is -0.279. The molecular weight excluding hydrogens is 369 g/mol. The summed E-state index contributed by atoms with van der Waals surface area (Å²) in [5.41, 5.74) is 2.62. The number of rotatable bonds is 10. The molecular formula is C24H26FNO3. The number of halogens is 1. The smallest absolute Gasteiger partial charge is 0.166 e. The fraction of sp³-hybridized carbons (Fsp3) is 0.250. The molecule has 0 atom stereocenters. The van der Waals surface area contributed by atoms with Crippen molar-refractivity contribution >= 4 is 0 Å². The molecule has 1 N–H and O–H groups in total. The van der Waals surface area contributed by atoms with Crippen molar-refractivity contribution in [2.24, 2.45) is 0 Å². The summed E-state index contributed by atoms with van der Waals surface area (Å²) >= 11 is 0. The Morgan fingerprint density at radius 2 is 1.41 bits per heavy atom. The summed E-state index contributed by atoms with van der Waals surface area (Å²) in [5, 5.41) is 3.44. The first kappa shape index (κ1) is 20.7. The number of methoxy groups -OCH3 is 2. The highest BCUT2D eigenvalue weighted by atomic mass is 19.1. The van der Waals surface area contributed by atoms with E-state index in [1.165, 1.54) is 6.07 Å². The van der Waals surface area contributed by atoms with Crippen LogP contribution in [0.2, 0.25) is 0 Å². The van der Waals surface area contributed by atoms with Crippen LogP contribution in [0.5, 0.6) is 17.2 Å². The molecule has 0 aliphatic carbocycles. The zero-order valence-corrected chi connectivity index (χ0v) is 16.8. The van der Waals surface area contributed by atoms with Crippen LogP contribution in [0.4, 0.5) is 4.39 Å². The van der Waals surface area contributed by atoms with Gasteiger partial charge in [0, 0.05) is 17.7 Å². The van der Waals surface area contributed by atoms with E-state index in [4.69, 9.17) is 14.2 Å². The summed E-state index contributed by atoms with van der Waals surface area (Å²) in [4.78, 5) is 0. The predicted octanol–water partition coefficient (Wildman–Crippen LogP) is 4.75. The predicted molar refractivity (Wildman–Crippen MR) is 112 cm³/mol. The summed E-state index contributed by atoms with van der Waals surface area (Å²) in [6.07, 6.45) is 0.847. The van der Waals surface area contributed by atoms with Gasteiger partial charge in [-0.2, -0.15) is 0 Å². The first-order chi connectivity index (χ1) is 14.2. The molecule has 0 spiro atoms. The lowest BCUT2D eigenvalue weighted by Crippen LogP contribution is -2.18. The van der Waals surface area contributed by atoms with Crippen molar-refractivity contribution in [1.29, 1.82) is 0 Å². The second kappa shape index (κ2) is 10.5. The second-order valence-corrected chi connectivity index (χ2v) is 6.57. The first-order valence-electron chi connectivity index (χ1n) is 9.57. The van der Waals surface area contributed by atoms with Crippen LogP contribution < -0.4 is 19.5 Å². The topological polar surface area (TPSA) is 39.7 Å². The van der Waals surface area contributed by atoms with E-state index in [0.717, 1.165) is 29.8 Å². The number of hydrogen-bond acceptors (Lipinski definition) is 4. The highest BCUT2D eigenvalue weighted by Crippen LogP contribution is 2.32.